The number of urea groups is 2. The fraction of sp³-hybridized carbons (Fsp3) is 0.300. The topological polar surface area (TPSA) is 138 Å². The second-order valence-corrected chi connectivity index (χ2v) is 11.7. The lowest BCUT2D eigenvalue weighted by atomic mass is 10.0. The molecule has 1 aliphatic rings. The van der Waals surface area contributed by atoms with Crippen LogP contribution in [0, 0.1) is 6.92 Å². The molecule has 0 radical (unpaired) electrons. The number of hydrogen-bond donors (Lipinski definition) is 5. The van der Waals surface area contributed by atoms with Gasteiger partial charge in [-0.2, -0.15) is 11.8 Å². The van der Waals surface area contributed by atoms with Gasteiger partial charge in [0.2, 0.25) is 6.79 Å². The summed E-state index contributed by atoms with van der Waals surface area (Å²) in [5, 5.41) is 21.0. The van der Waals surface area contributed by atoms with Gasteiger partial charge in [0, 0.05) is 28.1 Å². The number of carboxylic acid groups (broad SMARTS) is 1. The molecule has 42 heavy (non-hydrogen) atoms. The zero-order valence-corrected chi connectivity index (χ0v) is 25.0. The van der Waals surface area contributed by atoms with E-state index >= 15 is 0 Å². The maximum absolute atomic E-state index is 13.0. The third-order valence-corrected chi connectivity index (χ3v) is 8.23. The van der Waals surface area contributed by atoms with Crippen LogP contribution in [-0.4, -0.2) is 53.7 Å². The molecular weight excluding hydrogens is 576 g/mol. The zero-order chi connectivity index (χ0) is 29.9. The van der Waals surface area contributed by atoms with E-state index in [0.717, 1.165) is 28.3 Å². The number of nitrogens with one attached hydrogen (secondary N) is 4. The third kappa shape index (κ3) is 9.25. The van der Waals surface area contributed by atoms with Crippen molar-refractivity contribution in [1.29, 1.82) is 0 Å². The van der Waals surface area contributed by atoms with E-state index in [-0.39, 0.29) is 25.3 Å². The van der Waals surface area contributed by atoms with Crippen molar-refractivity contribution in [3.63, 3.8) is 0 Å². The minimum atomic E-state index is -1.03. The summed E-state index contributed by atoms with van der Waals surface area (Å²) < 4.78 is 10.8. The first kappa shape index (κ1) is 30.9. The summed E-state index contributed by atoms with van der Waals surface area (Å²) in [7, 11) is 0. The zero-order valence-electron chi connectivity index (χ0n) is 23.3. The highest BCUT2D eigenvalue weighted by Gasteiger charge is 2.23. The summed E-state index contributed by atoms with van der Waals surface area (Å²) in [6.07, 6.45) is 2.45. The molecule has 0 unspecified atom stereocenters. The molecule has 0 saturated heterocycles. The molecular formula is C30H34N4O6S2. The summed E-state index contributed by atoms with van der Waals surface area (Å²) in [6, 6.07) is 18.5. The molecule has 12 heteroatoms. The predicted molar refractivity (Wildman–Crippen MR) is 167 cm³/mol. The summed E-state index contributed by atoms with van der Waals surface area (Å²) in [4.78, 5) is 38.1. The first-order chi connectivity index (χ1) is 20.3. The Morgan fingerprint density at radius 3 is 2.52 bits per heavy atom. The smallest absolute Gasteiger partial charge is 0.323 e. The van der Waals surface area contributed by atoms with Crippen LogP contribution in [0.5, 0.6) is 11.5 Å². The Balaban J connectivity index is 1.35. The highest BCUT2D eigenvalue weighted by atomic mass is 32.2. The summed E-state index contributed by atoms with van der Waals surface area (Å²) in [5.74, 6) is 1.49. The van der Waals surface area contributed by atoms with Gasteiger partial charge in [-0.25, -0.2) is 9.59 Å². The van der Waals surface area contributed by atoms with Crippen molar-refractivity contribution in [2.75, 3.05) is 35.2 Å². The van der Waals surface area contributed by atoms with Gasteiger partial charge in [-0.05, 0) is 72.9 Å². The molecule has 0 spiro atoms. The number of aliphatic carboxylic acids is 1. The lowest BCUT2D eigenvalue weighted by Gasteiger charge is -2.22. The summed E-state index contributed by atoms with van der Waals surface area (Å²) in [6.45, 7) is 2.03. The number of carbonyl (C=O) groups is 3. The average Bonchev–Trinajstić information content (AvgIpc) is 3.43. The molecule has 3 aromatic carbocycles. The quantitative estimate of drug-likeness (QED) is 0.147. The van der Waals surface area contributed by atoms with E-state index in [1.807, 2.05) is 61.7 Å². The van der Waals surface area contributed by atoms with Crippen molar-refractivity contribution in [2.45, 2.75) is 36.7 Å². The van der Waals surface area contributed by atoms with Gasteiger partial charge in [0.05, 0.1) is 12.5 Å². The normalized spacial score (nSPS) is 13.1. The van der Waals surface area contributed by atoms with E-state index in [1.165, 1.54) is 0 Å². The molecule has 0 aromatic heterocycles. The number of carbonyl (C=O) groups excluding carboxylic acids is 2. The van der Waals surface area contributed by atoms with Gasteiger partial charge in [-0.15, -0.1) is 11.8 Å². The highest BCUT2D eigenvalue weighted by Crippen LogP contribution is 2.35. The number of benzene rings is 3. The SMILES string of the molecule is CSCC[C@@H](CSc1cccc(NC(=O)Nc2ccccc2C)c1)NC(=O)N[C@@H](CC(=O)O)c1ccc2c(c1)OCO2. The molecule has 4 amide bonds. The number of rotatable bonds is 13. The number of thioether (sulfide) groups is 2. The number of anilines is 2. The van der Waals surface area contributed by atoms with Crippen LogP contribution in [0.3, 0.4) is 0 Å². The minimum absolute atomic E-state index is 0.102. The van der Waals surface area contributed by atoms with Crippen molar-refractivity contribution in [2.24, 2.45) is 0 Å². The third-order valence-electron chi connectivity index (χ3n) is 6.43. The second-order valence-electron chi connectivity index (χ2n) is 9.59. The van der Waals surface area contributed by atoms with E-state index < -0.39 is 18.0 Å². The van der Waals surface area contributed by atoms with Crippen LogP contribution in [0.4, 0.5) is 21.0 Å². The number of amides is 4. The molecule has 1 aliphatic heterocycles. The van der Waals surface area contributed by atoms with Gasteiger partial charge in [0.15, 0.2) is 11.5 Å². The first-order valence-corrected chi connectivity index (χ1v) is 15.7. The van der Waals surface area contributed by atoms with Gasteiger partial charge in [-0.1, -0.05) is 30.3 Å². The number of para-hydroxylation sites is 1. The standard InChI is InChI=1S/C30H34N4O6S2/c1-19-6-3-4-9-24(19)33-29(37)31-21-7-5-8-23(15-21)42-17-22(12-13-41-2)32-30(38)34-25(16-28(35)36)20-10-11-26-27(14-20)40-18-39-26/h3-11,14-15,22,25H,12-13,16-18H2,1-2H3,(H,35,36)(H2,31,33,37)(H2,32,34,38)/t22-,25-/m0/s1. The summed E-state index contributed by atoms with van der Waals surface area (Å²) >= 11 is 3.24. The van der Waals surface area contributed by atoms with Gasteiger partial charge in [-0.3, -0.25) is 4.79 Å². The largest absolute Gasteiger partial charge is 0.481 e. The second kappa shape index (κ2) is 15.3. The lowest BCUT2D eigenvalue weighted by Crippen LogP contribution is -2.45. The van der Waals surface area contributed by atoms with Crippen molar-refractivity contribution in [3.05, 3.63) is 77.9 Å². The average molecular weight is 611 g/mol. The van der Waals surface area contributed by atoms with Crippen molar-refractivity contribution in [3.8, 4) is 11.5 Å². The molecule has 2 atom stereocenters. The number of aryl methyl sites for hydroxylation is 1. The van der Waals surface area contributed by atoms with Crippen LogP contribution in [0.25, 0.3) is 0 Å². The number of fused-ring (bicyclic) bond motifs is 1. The maximum atomic E-state index is 13.0. The van der Waals surface area contributed by atoms with Gasteiger partial charge < -0.3 is 35.8 Å². The molecule has 0 bridgehead atoms. The van der Waals surface area contributed by atoms with Crippen LogP contribution < -0.4 is 30.7 Å². The Morgan fingerprint density at radius 1 is 0.929 bits per heavy atom. The Kier molecular flexibility index (Phi) is 11.2. The van der Waals surface area contributed by atoms with Crippen LogP contribution in [0.1, 0.15) is 30.0 Å². The first-order valence-electron chi connectivity index (χ1n) is 13.3. The molecule has 3 aromatic rings. The molecule has 0 aliphatic carbocycles. The van der Waals surface area contributed by atoms with E-state index in [9.17, 15) is 19.5 Å². The van der Waals surface area contributed by atoms with E-state index in [4.69, 9.17) is 9.47 Å². The van der Waals surface area contributed by atoms with Crippen molar-refractivity contribution in [1.82, 2.24) is 10.6 Å². The highest BCUT2D eigenvalue weighted by molar-refractivity contribution is 7.99. The molecule has 222 valence electrons. The minimum Gasteiger partial charge on any atom is -0.481 e. The van der Waals surface area contributed by atoms with Crippen LogP contribution >= 0.6 is 23.5 Å². The van der Waals surface area contributed by atoms with Gasteiger partial charge >= 0.3 is 18.0 Å². The molecule has 0 saturated carbocycles. The van der Waals surface area contributed by atoms with Crippen LogP contribution in [0.2, 0.25) is 0 Å². The molecule has 1 heterocycles. The van der Waals surface area contributed by atoms with Crippen molar-refractivity contribution >= 4 is 52.9 Å². The number of ether oxygens (including phenoxy) is 2. The van der Waals surface area contributed by atoms with Crippen LogP contribution in [0.15, 0.2) is 71.6 Å². The van der Waals surface area contributed by atoms with Crippen molar-refractivity contribution < 1.29 is 29.0 Å². The molecule has 10 nitrogen and oxygen atoms in total. The Labute approximate surface area is 253 Å². The lowest BCUT2D eigenvalue weighted by molar-refractivity contribution is -0.137. The van der Waals surface area contributed by atoms with E-state index in [0.29, 0.717) is 28.5 Å². The predicted octanol–water partition coefficient (Wildman–Crippen LogP) is 6.10. The summed E-state index contributed by atoms with van der Waals surface area (Å²) in [5.41, 5.74) is 2.97. The molecule has 4 rings (SSSR count). The molecule has 0 fully saturated rings. The van der Waals surface area contributed by atoms with E-state index in [2.05, 4.69) is 21.3 Å². The van der Waals surface area contributed by atoms with E-state index in [1.54, 1.807) is 41.7 Å². The Bertz CT molecular complexity index is 1410. The van der Waals surface area contributed by atoms with Gasteiger partial charge in [0.1, 0.15) is 0 Å². The molecule has 5 N–H and O–H groups in total. The number of carboxylic acids is 1. The maximum Gasteiger partial charge on any atom is 0.323 e. The fourth-order valence-corrected chi connectivity index (χ4v) is 5.81. The fourth-order valence-electron chi connectivity index (χ4n) is 4.26. The van der Waals surface area contributed by atoms with Gasteiger partial charge in [0.25, 0.3) is 0 Å². The van der Waals surface area contributed by atoms with Crippen LogP contribution in [-0.2, 0) is 4.79 Å². The number of hydrogen-bond acceptors (Lipinski definition) is 7. The monoisotopic (exact) mass is 610 g/mol. The Morgan fingerprint density at radius 2 is 1.74 bits per heavy atom. The Hall–Kier alpha value is -4.03.